The average molecular weight is 389 g/mol. The first-order valence-electron chi connectivity index (χ1n) is 8.26. The number of hydrogen-bond acceptors (Lipinski definition) is 6. The molecule has 0 aliphatic heterocycles. The molecule has 2 aromatic carbocycles. The third-order valence-electron chi connectivity index (χ3n) is 3.86. The number of rotatable bonds is 9. The van der Waals surface area contributed by atoms with Gasteiger partial charge in [0.15, 0.2) is 5.78 Å². The van der Waals surface area contributed by atoms with Gasteiger partial charge >= 0.3 is 0 Å². The third-order valence-corrected chi connectivity index (χ3v) is 4.84. The van der Waals surface area contributed by atoms with E-state index in [-0.39, 0.29) is 17.4 Å². The second-order valence-electron chi connectivity index (χ2n) is 5.69. The first-order valence-corrected chi connectivity index (χ1v) is 9.41. The van der Waals surface area contributed by atoms with E-state index in [1.807, 2.05) is 0 Å². The zero-order valence-corrected chi connectivity index (χ0v) is 16.6. The van der Waals surface area contributed by atoms with Gasteiger partial charge in [0.1, 0.15) is 17.2 Å². The summed E-state index contributed by atoms with van der Waals surface area (Å²) in [6, 6.07) is 10.5. The quantitative estimate of drug-likeness (QED) is 0.658. The predicted octanol–water partition coefficient (Wildman–Crippen LogP) is 3.79. The SMILES string of the molecule is COc1ccc(NC(=O)CSCc2cc(C(C)=O)ccc2OC)c(OC)c1. The summed E-state index contributed by atoms with van der Waals surface area (Å²) < 4.78 is 15.8. The van der Waals surface area contributed by atoms with Gasteiger partial charge in [-0.25, -0.2) is 0 Å². The van der Waals surface area contributed by atoms with Crippen molar-refractivity contribution in [1.82, 2.24) is 0 Å². The minimum absolute atomic E-state index is 0.00625. The number of nitrogens with one attached hydrogen (secondary N) is 1. The first-order chi connectivity index (χ1) is 13.0. The molecule has 27 heavy (non-hydrogen) atoms. The number of benzene rings is 2. The highest BCUT2D eigenvalue weighted by atomic mass is 32.2. The van der Waals surface area contributed by atoms with E-state index in [2.05, 4.69) is 5.32 Å². The van der Waals surface area contributed by atoms with Crippen LogP contribution in [0.3, 0.4) is 0 Å². The molecule has 7 heteroatoms. The molecule has 1 amide bonds. The van der Waals surface area contributed by atoms with Crippen LogP contribution in [-0.4, -0.2) is 38.8 Å². The maximum Gasteiger partial charge on any atom is 0.234 e. The molecule has 2 aromatic rings. The Labute approximate surface area is 163 Å². The lowest BCUT2D eigenvalue weighted by Gasteiger charge is -2.12. The standard InChI is InChI=1S/C20H23NO5S/c1-13(22)14-5-8-18(25-3)15(9-14)11-27-12-20(23)21-17-7-6-16(24-2)10-19(17)26-4/h5-10H,11-12H2,1-4H3,(H,21,23). The highest BCUT2D eigenvalue weighted by Crippen LogP contribution is 2.29. The van der Waals surface area contributed by atoms with Crippen LogP contribution in [0.2, 0.25) is 0 Å². The van der Waals surface area contributed by atoms with Crippen LogP contribution in [0.5, 0.6) is 17.2 Å². The molecular weight excluding hydrogens is 366 g/mol. The van der Waals surface area contributed by atoms with E-state index in [4.69, 9.17) is 14.2 Å². The van der Waals surface area contributed by atoms with Gasteiger partial charge < -0.3 is 19.5 Å². The van der Waals surface area contributed by atoms with Crippen molar-refractivity contribution in [1.29, 1.82) is 0 Å². The fourth-order valence-corrected chi connectivity index (χ4v) is 3.26. The van der Waals surface area contributed by atoms with Crippen LogP contribution in [0.4, 0.5) is 5.69 Å². The van der Waals surface area contributed by atoms with Crippen molar-refractivity contribution in [3.63, 3.8) is 0 Å². The Kier molecular flexibility index (Phi) is 7.55. The van der Waals surface area contributed by atoms with Crippen molar-refractivity contribution in [2.45, 2.75) is 12.7 Å². The summed E-state index contributed by atoms with van der Waals surface area (Å²) in [5.41, 5.74) is 2.09. The van der Waals surface area contributed by atoms with Gasteiger partial charge in [0, 0.05) is 22.9 Å². The zero-order chi connectivity index (χ0) is 19.8. The van der Waals surface area contributed by atoms with Crippen LogP contribution in [-0.2, 0) is 10.5 Å². The van der Waals surface area contributed by atoms with Crippen LogP contribution in [0.15, 0.2) is 36.4 Å². The molecule has 0 spiro atoms. The van der Waals surface area contributed by atoms with E-state index in [1.165, 1.54) is 25.8 Å². The normalized spacial score (nSPS) is 10.2. The summed E-state index contributed by atoms with van der Waals surface area (Å²) in [7, 11) is 4.69. The van der Waals surface area contributed by atoms with Crippen molar-refractivity contribution in [2.75, 3.05) is 32.4 Å². The van der Waals surface area contributed by atoms with Gasteiger partial charge in [0.25, 0.3) is 0 Å². The van der Waals surface area contributed by atoms with Gasteiger partial charge in [-0.3, -0.25) is 9.59 Å². The molecule has 0 aromatic heterocycles. The van der Waals surface area contributed by atoms with Gasteiger partial charge in [-0.2, -0.15) is 0 Å². The van der Waals surface area contributed by atoms with E-state index in [9.17, 15) is 9.59 Å². The summed E-state index contributed by atoms with van der Waals surface area (Å²) in [4.78, 5) is 23.8. The van der Waals surface area contributed by atoms with Crippen LogP contribution < -0.4 is 19.5 Å². The number of carbonyl (C=O) groups is 2. The number of hydrogen-bond donors (Lipinski definition) is 1. The summed E-state index contributed by atoms with van der Waals surface area (Å²) >= 11 is 1.44. The van der Waals surface area contributed by atoms with Crippen molar-refractivity contribution in [2.24, 2.45) is 0 Å². The minimum atomic E-state index is -0.148. The Bertz CT molecular complexity index is 822. The molecule has 0 aliphatic carbocycles. The van der Waals surface area contributed by atoms with Gasteiger partial charge in [0.2, 0.25) is 5.91 Å². The molecule has 0 heterocycles. The van der Waals surface area contributed by atoms with Gasteiger partial charge in [-0.05, 0) is 37.3 Å². The van der Waals surface area contributed by atoms with Crippen LogP contribution >= 0.6 is 11.8 Å². The molecule has 0 atom stereocenters. The second kappa shape index (κ2) is 9.87. The largest absolute Gasteiger partial charge is 0.497 e. The lowest BCUT2D eigenvalue weighted by atomic mass is 10.1. The summed E-state index contributed by atoms with van der Waals surface area (Å²) in [5.74, 6) is 2.53. The molecule has 0 unspecified atom stereocenters. The van der Waals surface area contributed by atoms with E-state index < -0.39 is 0 Å². The maximum absolute atomic E-state index is 12.3. The molecule has 0 radical (unpaired) electrons. The lowest BCUT2D eigenvalue weighted by molar-refractivity contribution is -0.113. The highest BCUT2D eigenvalue weighted by molar-refractivity contribution is 7.99. The van der Waals surface area contributed by atoms with Crippen molar-refractivity contribution >= 4 is 29.1 Å². The number of Topliss-reactive ketones (excluding diaryl/α,β-unsaturated/α-hetero) is 1. The molecule has 2 rings (SSSR count). The second-order valence-corrected chi connectivity index (χ2v) is 6.68. The Balaban J connectivity index is 1.97. The van der Waals surface area contributed by atoms with Gasteiger partial charge in [-0.1, -0.05) is 0 Å². The third kappa shape index (κ3) is 5.65. The van der Waals surface area contributed by atoms with Crippen LogP contribution in [0.25, 0.3) is 0 Å². The monoisotopic (exact) mass is 389 g/mol. The fourth-order valence-electron chi connectivity index (χ4n) is 2.45. The number of amides is 1. The van der Waals surface area contributed by atoms with E-state index >= 15 is 0 Å². The minimum Gasteiger partial charge on any atom is -0.497 e. The maximum atomic E-state index is 12.3. The van der Waals surface area contributed by atoms with E-state index in [0.29, 0.717) is 34.3 Å². The molecule has 0 saturated heterocycles. The molecule has 0 fully saturated rings. The van der Waals surface area contributed by atoms with E-state index in [1.54, 1.807) is 50.6 Å². The zero-order valence-electron chi connectivity index (χ0n) is 15.8. The smallest absolute Gasteiger partial charge is 0.234 e. The molecule has 144 valence electrons. The molecular formula is C20H23NO5S. The Morgan fingerprint density at radius 2 is 1.70 bits per heavy atom. The number of ketones is 1. The van der Waals surface area contributed by atoms with Gasteiger partial charge in [0.05, 0.1) is 32.8 Å². The topological polar surface area (TPSA) is 73.9 Å². The average Bonchev–Trinajstić information content (AvgIpc) is 2.68. The first kappa shape index (κ1) is 20.6. The van der Waals surface area contributed by atoms with Crippen molar-refractivity contribution in [3.05, 3.63) is 47.5 Å². The highest BCUT2D eigenvalue weighted by Gasteiger charge is 2.11. The number of ether oxygens (including phenoxy) is 3. The number of thioether (sulfide) groups is 1. The van der Waals surface area contributed by atoms with Gasteiger partial charge in [-0.15, -0.1) is 11.8 Å². The number of anilines is 1. The number of carbonyl (C=O) groups excluding carboxylic acids is 2. The number of methoxy groups -OCH3 is 3. The Morgan fingerprint density at radius 1 is 0.963 bits per heavy atom. The van der Waals surface area contributed by atoms with Crippen molar-refractivity contribution in [3.8, 4) is 17.2 Å². The van der Waals surface area contributed by atoms with Crippen LogP contribution in [0, 0.1) is 0 Å². The molecule has 0 bridgehead atoms. The Morgan fingerprint density at radius 3 is 2.33 bits per heavy atom. The summed E-state index contributed by atoms with van der Waals surface area (Å²) in [6.07, 6.45) is 0. The van der Waals surface area contributed by atoms with E-state index in [0.717, 1.165) is 5.56 Å². The Hall–Kier alpha value is -2.67. The lowest BCUT2D eigenvalue weighted by Crippen LogP contribution is -2.15. The predicted molar refractivity (Wildman–Crippen MR) is 107 cm³/mol. The van der Waals surface area contributed by atoms with Crippen molar-refractivity contribution < 1.29 is 23.8 Å². The molecule has 6 nitrogen and oxygen atoms in total. The molecule has 1 N–H and O–H groups in total. The summed E-state index contributed by atoms with van der Waals surface area (Å²) in [6.45, 7) is 1.52. The molecule has 0 saturated carbocycles. The van der Waals surface area contributed by atoms with Crippen LogP contribution in [0.1, 0.15) is 22.8 Å². The summed E-state index contributed by atoms with van der Waals surface area (Å²) in [5, 5.41) is 2.83. The fraction of sp³-hybridized carbons (Fsp3) is 0.300. The molecule has 0 aliphatic rings.